The van der Waals surface area contributed by atoms with E-state index >= 15 is 0 Å². The summed E-state index contributed by atoms with van der Waals surface area (Å²) in [5.74, 6) is -0.665. The molecule has 1 aromatic rings. The highest BCUT2D eigenvalue weighted by molar-refractivity contribution is 6.33. The topological polar surface area (TPSA) is 109 Å². The van der Waals surface area contributed by atoms with E-state index in [1.54, 1.807) is 0 Å². The highest BCUT2D eigenvalue weighted by atomic mass is 35.5. The maximum absolute atomic E-state index is 12.5. The smallest absolute Gasteiger partial charge is 0.274 e. The summed E-state index contributed by atoms with van der Waals surface area (Å²) in [6.07, 6.45) is 0.709. The van der Waals surface area contributed by atoms with Gasteiger partial charge in [-0.2, -0.15) is 0 Å². The van der Waals surface area contributed by atoms with Crippen molar-refractivity contribution in [2.45, 2.75) is 38.3 Å². The molecule has 0 radical (unpaired) electrons. The van der Waals surface area contributed by atoms with E-state index in [1.807, 2.05) is 13.8 Å². The summed E-state index contributed by atoms with van der Waals surface area (Å²) in [6.45, 7) is 3.82. The third-order valence-electron chi connectivity index (χ3n) is 3.35. The Hall–Kier alpha value is -1.73. The third kappa shape index (κ3) is 3.14. The van der Waals surface area contributed by atoms with Crippen molar-refractivity contribution in [2.75, 3.05) is 6.54 Å². The molecule has 0 spiro atoms. The number of nitrogens with two attached hydrogens (primary N) is 1. The number of hydrogen-bond acceptors (Lipinski definition) is 5. The first kappa shape index (κ1) is 15.7. The maximum Gasteiger partial charge on any atom is 0.274 e. The molecule has 114 valence electrons. The van der Waals surface area contributed by atoms with Crippen molar-refractivity contribution in [3.05, 3.63) is 22.7 Å². The monoisotopic (exact) mass is 312 g/mol. The number of hydrogen-bond donors (Lipinski definition) is 2. The Balaban J connectivity index is 2.35. The van der Waals surface area contributed by atoms with Crippen LogP contribution in [0.2, 0.25) is 5.02 Å². The number of likely N-dealkylation sites (tertiary alicyclic amines) is 1. The Kier molecular flexibility index (Phi) is 4.43. The molecular formula is C13H17ClN4O3. The minimum atomic E-state index is -0.846. The summed E-state index contributed by atoms with van der Waals surface area (Å²) in [7, 11) is 0. The molecule has 1 saturated heterocycles. The fourth-order valence-electron chi connectivity index (χ4n) is 2.25. The molecule has 0 bridgehead atoms. The van der Waals surface area contributed by atoms with Gasteiger partial charge in [-0.15, -0.1) is 0 Å². The zero-order valence-electron chi connectivity index (χ0n) is 11.8. The number of amides is 2. The van der Waals surface area contributed by atoms with Crippen LogP contribution in [0.1, 0.15) is 42.5 Å². The van der Waals surface area contributed by atoms with Gasteiger partial charge in [-0.3, -0.25) is 9.59 Å². The van der Waals surface area contributed by atoms with E-state index in [4.69, 9.17) is 17.3 Å². The van der Waals surface area contributed by atoms with Gasteiger partial charge in [0.05, 0.1) is 17.3 Å². The Morgan fingerprint density at radius 1 is 1.52 bits per heavy atom. The molecule has 21 heavy (non-hydrogen) atoms. The molecule has 2 rings (SSSR count). The normalized spacial score (nSPS) is 21.9. The number of carbonyl (C=O) groups excluding carboxylic acids is 2. The number of nitrogens with zero attached hydrogens (tertiary/aromatic N) is 3. The van der Waals surface area contributed by atoms with Crippen LogP contribution in [0, 0.1) is 0 Å². The van der Waals surface area contributed by atoms with E-state index in [9.17, 15) is 14.7 Å². The zero-order chi connectivity index (χ0) is 15.7. The second kappa shape index (κ2) is 5.95. The molecule has 7 nitrogen and oxygen atoms in total. The Bertz CT molecular complexity index is 579. The quantitative estimate of drug-likeness (QED) is 0.835. The number of β-amino-alcohol motifs (C(OH)–C–C–N with tert-alkyl or cyclic N) is 1. The zero-order valence-corrected chi connectivity index (χ0v) is 12.5. The number of aliphatic hydroxyl groups is 1. The highest BCUT2D eigenvalue weighted by Gasteiger charge is 2.39. The van der Waals surface area contributed by atoms with Crippen molar-refractivity contribution < 1.29 is 14.7 Å². The second-order valence-electron chi connectivity index (χ2n) is 5.34. The van der Waals surface area contributed by atoms with Gasteiger partial charge in [0, 0.05) is 18.9 Å². The Labute approximate surface area is 127 Å². The minimum absolute atomic E-state index is 0.0238. The summed E-state index contributed by atoms with van der Waals surface area (Å²) in [5.41, 5.74) is 5.30. The van der Waals surface area contributed by atoms with Crippen LogP contribution in [0.5, 0.6) is 0 Å². The van der Waals surface area contributed by atoms with Crippen LogP contribution < -0.4 is 5.73 Å². The second-order valence-corrected chi connectivity index (χ2v) is 5.75. The van der Waals surface area contributed by atoms with Crippen molar-refractivity contribution in [1.82, 2.24) is 14.9 Å². The molecule has 1 aliphatic rings. The summed E-state index contributed by atoms with van der Waals surface area (Å²) in [6, 6.07) is -0.846. The molecule has 0 aliphatic carbocycles. The first-order chi connectivity index (χ1) is 9.81. The fourth-order valence-corrected chi connectivity index (χ4v) is 2.42. The van der Waals surface area contributed by atoms with E-state index in [0.29, 0.717) is 5.82 Å². The highest BCUT2D eigenvalue weighted by Crippen LogP contribution is 2.23. The predicted octanol–water partition coefficient (Wildman–Crippen LogP) is 0.314. The number of aliphatic hydroxyl groups excluding tert-OH is 1. The van der Waals surface area contributed by atoms with Crippen molar-refractivity contribution in [2.24, 2.45) is 5.73 Å². The van der Waals surface area contributed by atoms with Crippen LogP contribution in [-0.2, 0) is 4.79 Å². The van der Waals surface area contributed by atoms with Crippen molar-refractivity contribution >= 4 is 23.4 Å². The Morgan fingerprint density at radius 3 is 2.76 bits per heavy atom. The van der Waals surface area contributed by atoms with Crippen LogP contribution in [-0.4, -0.2) is 50.5 Å². The molecule has 0 aromatic carbocycles. The lowest BCUT2D eigenvalue weighted by Gasteiger charge is -2.22. The molecule has 1 fully saturated rings. The van der Waals surface area contributed by atoms with Gasteiger partial charge in [0.25, 0.3) is 5.91 Å². The molecule has 2 atom stereocenters. The number of carbonyl (C=O) groups is 2. The third-order valence-corrected chi connectivity index (χ3v) is 3.63. The number of aromatic nitrogens is 2. The van der Waals surface area contributed by atoms with Crippen molar-refractivity contribution in [3.63, 3.8) is 0 Å². The SMILES string of the molecule is CC(C)c1ncc(Cl)c(C(=O)N2CC(O)CC2C(N)=O)n1. The van der Waals surface area contributed by atoms with Gasteiger partial charge < -0.3 is 15.7 Å². The maximum atomic E-state index is 12.5. The van der Waals surface area contributed by atoms with Crippen LogP contribution >= 0.6 is 11.6 Å². The van der Waals surface area contributed by atoms with Crippen LogP contribution in [0.4, 0.5) is 0 Å². The lowest BCUT2D eigenvalue weighted by atomic mass is 10.2. The first-order valence-corrected chi connectivity index (χ1v) is 6.99. The first-order valence-electron chi connectivity index (χ1n) is 6.62. The van der Waals surface area contributed by atoms with E-state index < -0.39 is 24.0 Å². The van der Waals surface area contributed by atoms with Gasteiger partial charge in [0.15, 0.2) is 5.69 Å². The lowest BCUT2D eigenvalue weighted by molar-refractivity contribution is -0.121. The average Bonchev–Trinajstić information content (AvgIpc) is 2.80. The van der Waals surface area contributed by atoms with E-state index in [2.05, 4.69) is 9.97 Å². The molecule has 3 N–H and O–H groups in total. The predicted molar refractivity (Wildman–Crippen MR) is 75.8 cm³/mol. The summed E-state index contributed by atoms with van der Waals surface area (Å²) in [5, 5.41) is 9.76. The molecular weight excluding hydrogens is 296 g/mol. The van der Waals surface area contributed by atoms with Crippen molar-refractivity contribution in [1.29, 1.82) is 0 Å². The number of halogens is 1. The molecule has 1 aliphatic heterocycles. The van der Waals surface area contributed by atoms with Crippen LogP contribution in [0.15, 0.2) is 6.20 Å². The van der Waals surface area contributed by atoms with Crippen molar-refractivity contribution in [3.8, 4) is 0 Å². The van der Waals surface area contributed by atoms with Gasteiger partial charge >= 0.3 is 0 Å². The fraction of sp³-hybridized carbons (Fsp3) is 0.538. The summed E-state index contributed by atoms with van der Waals surface area (Å²) in [4.78, 5) is 33.4. The van der Waals surface area contributed by atoms with E-state index in [1.165, 1.54) is 11.1 Å². The standard InChI is InChI=1S/C13H17ClN4O3/c1-6(2)12-16-4-8(14)10(17-12)13(21)18-5-7(19)3-9(18)11(15)20/h4,6-7,9,19H,3,5H2,1-2H3,(H2,15,20). The van der Waals surface area contributed by atoms with Gasteiger partial charge in [0.2, 0.25) is 5.91 Å². The minimum Gasteiger partial charge on any atom is -0.391 e. The average molecular weight is 313 g/mol. The van der Waals surface area contributed by atoms with Gasteiger partial charge in [0.1, 0.15) is 11.9 Å². The molecule has 2 heterocycles. The van der Waals surface area contributed by atoms with Crippen LogP contribution in [0.25, 0.3) is 0 Å². The largest absolute Gasteiger partial charge is 0.391 e. The summed E-state index contributed by atoms with van der Waals surface area (Å²) >= 11 is 5.99. The lowest BCUT2D eigenvalue weighted by Crippen LogP contribution is -2.44. The number of primary amides is 1. The molecule has 8 heteroatoms. The van der Waals surface area contributed by atoms with Gasteiger partial charge in [-0.05, 0) is 0 Å². The van der Waals surface area contributed by atoms with Crippen LogP contribution in [0.3, 0.4) is 0 Å². The van der Waals surface area contributed by atoms with Gasteiger partial charge in [-0.1, -0.05) is 25.4 Å². The van der Waals surface area contributed by atoms with E-state index in [-0.39, 0.29) is 29.6 Å². The van der Waals surface area contributed by atoms with Gasteiger partial charge in [-0.25, -0.2) is 9.97 Å². The number of rotatable bonds is 3. The molecule has 1 aromatic heterocycles. The Morgan fingerprint density at radius 2 is 2.19 bits per heavy atom. The summed E-state index contributed by atoms with van der Waals surface area (Å²) < 4.78 is 0. The molecule has 2 amide bonds. The van der Waals surface area contributed by atoms with E-state index in [0.717, 1.165) is 0 Å². The molecule has 2 unspecified atom stereocenters. The molecule has 0 saturated carbocycles.